The quantitative estimate of drug-likeness (QED) is 0.427. The van der Waals surface area contributed by atoms with Crippen LogP contribution in [0.4, 0.5) is 0 Å². The molecule has 0 aromatic rings. The van der Waals surface area contributed by atoms with Gasteiger partial charge in [-0.2, -0.15) is 0 Å². The molecule has 0 heterocycles. The number of nitrogens with zero attached hydrogens (tertiary/aromatic N) is 1. The second-order valence-electron chi connectivity index (χ2n) is 4.05. The van der Waals surface area contributed by atoms with Crippen LogP contribution in [-0.4, -0.2) is 12.8 Å². The van der Waals surface area contributed by atoms with E-state index < -0.39 is 0 Å². The Bertz CT molecular complexity index is 170. The van der Waals surface area contributed by atoms with Crippen LogP contribution >= 0.6 is 0 Å². The van der Waals surface area contributed by atoms with Crippen LogP contribution in [0.1, 0.15) is 34.1 Å². The number of aliphatic imine (C=N–C) groups is 1. The monoisotopic (exact) mass is 153 g/mol. The van der Waals surface area contributed by atoms with E-state index in [-0.39, 0.29) is 5.41 Å². The summed E-state index contributed by atoms with van der Waals surface area (Å²) in [5.74, 6) is 0. The van der Waals surface area contributed by atoms with E-state index in [4.69, 9.17) is 0 Å². The van der Waals surface area contributed by atoms with Gasteiger partial charge in [-0.25, -0.2) is 0 Å². The van der Waals surface area contributed by atoms with Crippen molar-refractivity contribution in [2.75, 3.05) is 7.05 Å². The van der Waals surface area contributed by atoms with Crippen LogP contribution in [0, 0.1) is 5.41 Å². The summed E-state index contributed by atoms with van der Waals surface area (Å²) in [6.45, 7) is 12.5. The SMILES string of the molecule is C=C(C)CC(=NC)C(C)(C)C. The Balaban J connectivity index is 4.33. The zero-order chi connectivity index (χ0) is 9.07. The van der Waals surface area contributed by atoms with Crippen molar-refractivity contribution < 1.29 is 0 Å². The second kappa shape index (κ2) is 3.70. The van der Waals surface area contributed by atoms with Gasteiger partial charge in [0.25, 0.3) is 0 Å². The van der Waals surface area contributed by atoms with Crippen LogP contribution in [0.2, 0.25) is 0 Å². The van der Waals surface area contributed by atoms with E-state index >= 15 is 0 Å². The highest BCUT2D eigenvalue weighted by Gasteiger charge is 2.17. The minimum atomic E-state index is 0.188. The molecule has 0 rings (SSSR count). The minimum Gasteiger partial charge on any atom is -0.297 e. The van der Waals surface area contributed by atoms with Crippen molar-refractivity contribution in [2.45, 2.75) is 34.1 Å². The predicted molar refractivity (Wildman–Crippen MR) is 52.2 cm³/mol. The van der Waals surface area contributed by atoms with E-state index in [1.807, 2.05) is 14.0 Å². The molecule has 1 nitrogen and oxygen atoms in total. The summed E-state index contributed by atoms with van der Waals surface area (Å²) in [6, 6.07) is 0. The van der Waals surface area contributed by atoms with Crippen molar-refractivity contribution in [1.82, 2.24) is 0 Å². The molecule has 0 saturated heterocycles. The Morgan fingerprint density at radius 2 is 1.82 bits per heavy atom. The lowest BCUT2D eigenvalue weighted by atomic mass is 9.86. The van der Waals surface area contributed by atoms with Gasteiger partial charge in [-0.3, -0.25) is 4.99 Å². The van der Waals surface area contributed by atoms with Crippen molar-refractivity contribution in [3.63, 3.8) is 0 Å². The van der Waals surface area contributed by atoms with Crippen molar-refractivity contribution in [1.29, 1.82) is 0 Å². The third-order valence-electron chi connectivity index (χ3n) is 1.60. The molecule has 0 spiro atoms. The van der Waals surface area contributed by atoms with Crippen molar-refractivity contribution >= 4 is 5.71 Å². The lowest BCUT2D eigenvalue weighted by molar-refractivity contribution is 0.580. The van der Waals surface area contributed by atoms with Crippen LogP contribution in [0.15, 0.2) is 17.1 Å². The predicted octanol–water partition coefficient (Wildman–Crippen LogP) is 3.07. The standard InChI is InChI=1S/C10H19N/c1-8(2)7-9(11-6)10(3,4)5/h1,7H2,2-6H3. The third-order valence-corrected chi connectivity index (χ3v) is 1.60. The largest absolute Gasteiger partial charge is 0.297 e. The molecule has 0 fully saturated rings. The summed E-state index contributed by atoms with van der Waals surface area (Å²) < 4.78 is 0. The Morgan fingerprint density at radius 3 is 1.91 bits per heavy atom. The summed E-state index contributed by atoms with van der Waals surface area (Å²) in [5, 5.41) is 0. The summed E-state index contributed by atoms with van der Waals surface area (Å²) in [6.07, 6.45) is 0.931. The summed E-state index contributed by atoms with van der Waals surface area (Å²) in [5.41, 5.74) is 2.60. The number of hydrogen-bond donors (Lipinski definition) is 0. The van der Waals surface area contributed by atoms with Crippen LogP contribution in [-0.2, 0) is 0 Å². The van der Waals surface area contributed by atoms with E-state index in [9.17, 15) is 0 Å². The van der Waals surface area contributed by atoms with Crippen LogP contribution in [0.3, 0.4) is 0 Å². The molecule has 0 amide bonds. The molecule has 0 aliphatic rings. The van der Waals surface area contributed by atoms with Gasteiger partial charge < -0.3 is 0 Å². The smallest absolute Gasteiger partial charge is 0.0276 e. The molecule has 0 saturated carbocycles. The molecule has 0 bridgehead atoms. The van der Waals surface area contributed by atoms with Gasteiger partial charge in [0, 0.05) is 24.6 Å². The first kappa shape index (κ1) is 10.4. The molecule has 1 heteroatoms. The molecule has 0 aliphatic heterocycles. The Labute approximate surface area is 70.2 Å². The average Bonchev–Trinajstić information content (AvgIpc) is 1.79. The van der Waals surface area contributed by atoms with Crippen LogP contribution in [0.5, 0.6) is 0 Å². The van der Waals surface area contributed by atoms with E-state index in [1.54, 1.807) is 0 Å². The number of hydrogen-bond acceptors (Lipinski definition) is 1. The highest BCUT2D eigenvalue weighted by atomic mass is 14.7. The molecular weight excluding hydrogens is 134 g/mol. The maximum atomic E-state index is 4.26. The van der Waals surface area contributed by atoms with Gasteiger partial charge in [0.2, 0.25) is 0 Å². The normalized spacial score (nSPS) is 13.4. The fourth-order valence-corrected chi connectivity index (χ4v) is 0.965. The first-order valence-electron chi connectivity index (χ1n) is 3.98. The number of rotatable bonds is 2. The topological polar surface area (TPSA) is 12.4 Å². The average molecular weight is 153 g/mol. The molecule has 0 aromatic heterocycles. The highest BCUT2D eigenvalue weighted by molar-refractivity contribution is 5.90. The first-order chi connectivity index (χ1) is 4.88. The summed E-state index contributed by atoms with van der Waals surface area (Å²) >= 11 is 0. The third kappa shape index (κ3) is 3.97. The highest BCUT2D eigenvalue weighted by Crippen LogP contribution is 2.20. The molecule has 0 atom stereocenters. The van der Waals surface area contributed by atoms with Gasteiger partial charge >= 0.3 is 0 Å². The Kier molecular flexibility index (Phi) is 3.50. The zero-order valence-electron chi connectivity index (χ0n) is 8.36. The summed E-state index contributed by atoms with van der Waals surface area (Å²) in [7, 11) is 1.85. The minimum absolute atomic E-state index is 0.188. The second-order valence-corrected chi connectivity index (χ2v) is 4.05. The zero-order valence-corrected chi connectivity index (χ0v) is 8.36. The van der Waals surface area contributed by atoms with Crippen LogP contribution in [0.25, 0.3) is 0 Å². The van der Waals surface area contributed by atoms with Gasteiger partial charge in [-0.1, -0.05) is 32.9 Å². The van der Waals surface area contributed by atoms with Gasteiger partial charge in [-0.05, 0) is 6.92 Å². The van der Waals surface area contributed by atoms with E-state index in [1.165, 1.54) is 11.3 Å². The lowest BCUT2D eigenvalue weighted by Gasteiger charge is -2.21. The van der Waals surface area contributed by atoms with E-state index in [0.29, 0.717) is 0 Å². The maximum Gasteiger partial charge on any atom is 0.0276 e. The van der Waals surface area contributed by atoms with Crippen molar-refractivity contribution in [2.24, 2.45) is 10.4 Å². The van der Waals surface area contributed by atoms with Gasteiger partial charge in [0.05, 0.1) is 0 Å². The van der Waals surface area contributed by atoms with Crippen molar-refractivity contribution in [3.8, 4) is 0 Å². The molecule has 0 radical (unpaired) electrons. The Hall–Kier alpha value is -0.590. The summed E-state index contributed by atoms with van der Waals surface area (Å²) in [4.78, 5) is 4.26. The fourth-order valence-electron chi connectivity index (χ4n) is 0.965. The first-order valence-corrected chi connectivity index (χ1v) is 3.98. The fraction of sp³-hybridized carbons (Fsp3) is 0.700. The van der Waals surface area contributed by atoms with Crippen LogP contribution < -0.4 is 0 Å². The maximum absolute atomic E-state index is 4.26. The Morgan fingerprint density at radius 1 is 1.36 bits per heavy atom. The lowest BCUT2D eigenvalue weighted by Crippen LogP contribution is -2.20. The molecule has 0 aliphatic carbocycles. The molecule has 64 valence electrons. The van der Waals surface area contributed by atoms with Crippen molar-refractivity contribution in [3.05, 3.63) is 12.2 Å². The molecule has 11 heavy (non-hydrogen) atoms. The molecule has 0 N–H and O–H groups in total. The van der Waals surface area contributed by atoms with Gasteiger partial charge in [0.15, 0.2) is 0 Å². The number of allylic oxidation sites excluding steroid dienone is 1. The van der Waals surface area contributed by atoms with Gasteiger partial charge in [0.1, 0.15) is 0 Å². The molecule has 0 unspecified atom stereocenters. The van der Waals surface area contributed by atoms with E-state index in [0.717, 1.165) is 6.42 Å². The molecule has 0 aromatic carbocycles. The van der Waals surface area contributed by atoms with E-state index in [2.05, 4.69) is 32.3 Å². The van der Waals surface area contributed by atoms with Gasteiger partial charge in [-0.15, -0.1) is 0 Å². The molecular formula is C10H19N.